The summed E-state index contributed by atoms with van der Waals surface area (Å²) in [5.74, 6) is -2.20. The second-order valence-corrected chi connectivity index (χ2v) is 5.78. The molecule has 1 fully saturated rings. The minimum Gasteiger partial charge on any atom is -0.457 e. The lowest BCUT2D eigenvalue weighted by Crippen LogP contribution is -2.27. The third kappa shape index (κ3) is 3.91. The van der Waals surface area contributed by atoms with Gasteiger partial charge in [-0.15, -0.1) is 0 Å². The Labute approximate surface area is 144 Å². The molecule has 5 nitrogen and oxygen atoms in total. The molecule has 0 unspecified atom stereocenters. The molecule has 1 heterocycles. The van der Waals surface area contributed by atoms with Gasteiger partial charge in [-0.05, 0) is 36.4 Å². The van der Waals surface area contributed by atoms with Crippen molar-refractivity contribution in [3.05, 3.63) is 66.0 Å². The molecule has 0 radical (unpaired) electrons. The summed E-state index contributed by atoms with van der Waals surface area (Å²) in [6.07, 6.45) is 0.0540. The molecule has 3 rings (SSSR count). The van der Waals surface area contributed by atoms with Crippen molar-refractivity contribution in [3.63, 3.8) is 0 Å². The second-order valence-electron chi connectivity index (χ2n) is 5.78. The molecule has 2 aromatic rings. The van der Waals surface area contributed by atoms with E-state index in [2.05, 4.69) is 0 Å². The average molecular weight is 341 g/mol. The van der Waals surface area contributed by atoms with Crippen LogP contribution in [0.5, 0.6) is 0 Å². The van der Waals surface area contributed by atoms with Crippen molar-refractivity contribution in [1.82, 2.24) is 0 Å². The maximum absolute atomic E-state index is 12.8. The molecule has 25 heavy (non-hydrogen) atoms. The Morgan fingerprint density at radius 3 is 2.44 bits per heavy atom. The maximum atomic E-state index is 12.8. The zero-order valence-corrected chi connectivity index (χ0v) is 13.4. The van der Waals surface area contributed by atoms with Gasteiger partial charge in [0.05, 0.1) is 5.92 Å². The molecule has 1 amide bonds. The van der Waals surface area contributed by atoms with Gasteiger partial charge in [0.15, 0.2) is 12.4 Å². The van der Waals surface area contributed by atoms with E-state index >= 15 is 0 Å². The molecule has 0 saturated carbocycles. The van der Waals surface area contributed by atoms with Crippen molar-refractivity contribution in [3.8, 4) is 0 Å². The zero-order chi connectivity index (χ0) is 17.8. The molecule has 0 spiro atoms. The molecule has 6 heteroatoms. The number of Topliss-reactive ketones (excluding diaryl/α,β-unsaturated/α-hetero) is 1. The molecule has 0 bridgehead atoms. The largest absolute Gasteiger partial charge is 0.457 e. The van der Waals surface area contributed by atoms with Crippen LogP contribution in [0.3, 0.4) is 0 Å². The summed E-state index contributed by atoms with van der Waals surface area (Å²) in [6, 6.07) is 14.1. The molecule has 1 saturated heterocycles. The lowest BCUT2D eigenvalue weighted by molar-refractivity contribution is -0.147. The Bertz CT molecular complexity index is 789. The number of benzene rings is 2. The maximum Gasteiger partial charge on any atom is 0.311 e. The summed E-state index contributed by atoms with van der Waals surface area (Å²) in [6.45, 7) is -0.201. The Morgan fingerprint density at radius 1 is 1.08 bits per heavy atom. The highest BCUT2D eigenvalue weighted by Gasteiger charge is 2.36. The van der Waals surface area contributed by atoms with E-state index in [-0.39, 0.29) is 24.4 Å². The van der Waals surface area contributed by atoms with Crippen molar-refractivity contribution >= 4 is 23.3 Å². The highest BCUT2D eigenvalue weighted by Crippen LogP contribution is 2.25. The first-order valence-corrected chi connectivity index (χ1v) is 7.85. The van der Waals surface area contributed by atoms with Gasteiger partial charge in [0, 0.05) is 24.2 Å². The number of carbonyl (C=O) groups is 3. The number of ether oxygens (including phenoxy) is 1. The molecule has 1 aliphatic rings. The Hall–Kier alpha value is -3.02. The number of hydrogen-bond donors (Lipinski definition) is 0. The van der Waals surface area contributed by atoms with E-state index in [0.29, 0.717) is 0 Å². The van der Waals surface area contributed by atoms with E-state index in [4.69, 9.17) is 4.74 Å². The third-order valence-electron chi connectivity index (χ3n) is 4.04. The van der Waals surface area contributed by atoms with Crippen LogP contribution in [0.4, 0.5) is 10.1 Å². The summed E-state index contributed by atoms with van der Waals surface area (Å²) >= 11 is 0. The van der Waals surface area contributed by atoms with Crippen LogP contribution in [-0.2, 0) is 14.3 Å². The van der Waals surface area contributed by atoms with Gasteiger partial charge < -0.3 is 9.64 Å². The second kappa shape index (κ2) is 7.25. The molecule has 0 N–H and O–H groups in total. The van der Waals surface area contributed by atoms with Gasteiger partial charge in [-0.3, -0.25) is 14.4 Å². The molecule has 0 aromatic heterocycles. The van der Waals surface area contributed by atoms with Gasteiger partial charge in [-0.2, -0.15) is 0 Å². The lowest BCUT2D eigenvalue weighted by Gasteiger charge is -2.16. The molecule has 1 aliphatic heterocycles. The first-order valence-electron chi connectivity index (χ1n) is 7.85. The number of ketones is 1. The summed E-state index contributed by atoms with van der Waals surface area (Å²) in [4.78, 5) is 37.7. The predicted molar refractivity (Wildman–Crippen MR) is 88.6 cm³/mol. The lowest BCUT2D eigenvalue weighted by atomic mass is 10.1. The fourth-order valence-corrected chi connectivity index (χ4v) is 2.70. The summed E-state index contributed by atoms with van der Waals surface area (Å²) in [5, 5.41) is 0. The van der Waals surface area contributed by atoms with Gasteiger partial charge in [-0.25, -0.2) is 4.39 Å². The van der Waals surface area contributed by atoms with Gasteiger partial charge in [0.2, 0.25) is 5.91 Å². The van der Waals surface area contributed by atoms with Crippen LogP contribution >= 0.6 is 0 Å². The quantitative estimate of drug-likeness (QED) is 0.619. The molecule has 2 aromatic carbocycles. The van der Waals surface area contributed by atoms with Crippen LogP contribution < -0.4 is 4.90 Å². The topological polar surface area (TPSA) is 63.7 Å². The van der Waals surface area contributed by atoms with Gasteiger partial charge >= 0.3 is 5.97 Å². The fraction of sp³-hybridized carbons (Fsp3) is 0.211. The number of nitrogens with zero attached hydrogens (tertiary/aromatic N) is 1. The van der Waals surface area contributed by atoms with E-state index in [9.17, 15) is 18.8 Å². The van der Waals surface area contributed by atoms with Gasteiger partial charge in [0.25, 0.3) is 0 Å². The Morgan fingerprint density at radius 2 is 1.76 bits per heavy atom. The van der Waals surface area contributed by atoms with E-state index in [1.807, 2.05) is 18.2 Å². The Balaban J connectivity index is 1.56. The highest BCUT2D eigenvalue weighted by atomic mass is 19.1. The Kier molecular flexibility index (Phi) is 4.88. The van der Waals surface area contributed by atoms with E-state index in [1.165, 1.54) is 29.2 Å². The number of hydrogen-bond acceptors (Lipinski definition) is 4. The summed E-state index contributed by atoms with van der Waals surface area (Å²) in [7, 11) is 0. The molecular formula is C19H16FNO4. The minimum atomic E-state index is -0.603. The zero-order valence-electron chi connectivity index (χ0n) is 13.4. The van der Waals surface area contributed by atoms with E-state index in [1.54, 1.807) is 12.1 Å². The van der Waals surface area contributed by atoms with Gasteiger partial charge in [0.1, 0.15) is 5.82 Å². The normalized spacial score (nSPS) is 16.8. The van der Waals surface area contributed by atoms with Crippen molar-refractivity contribution < 1.29 is 23.5 Å². The SMILES string of the molecule is O=C(COC(=O)[C@H]1CC(=O)N(c2ccccc2)C1)c1ccc(F)cc1. The van der Waals surface area contributed by atoms with Crippen LogP contribution in [0.2, 0.25) is 0 Å². The molecule has 128 valence electrons. The van der Waals surface area contributed by atoms with Crippen LogP contribution in [0.1, 0.15) is 16.8 Å². The molecular weight excluding hydrogens is 325 g/mol. The van der Waals surface area contributed by atoms with E-state index < -0.39 is 30.1 Å². The number of anilines is 1. The first-order chi connectivity index (χ1) is 12.0. The molecule has 0 aliphatic carbocycles. The average Bonchev–Trinajstić information content (AvgIpc) is 3.02. The van der Waals surface area contributed by atoms with Crippen LogP contribution in [0, 0.1) is 11.7 Å². The third-order valence-corrected chi connectivity index (χ3v) is 4.04. The van der Waals surface area contributed by atoms with Gasteiger partial charge in [-0.1, -0.05) is 18.2 Å². The molecule has 1 atom stereocenters. The van der Waals surface area contributed by atoms with Crippen molar-refractivity contribution in [2.45, 2.75) is 6.42 Å². The fourth-order valence-electron chi connectivity index (χ4n) is 2.70. The standard InChI is InChI=1S/C19H16FNO4/c20-15-8-6-13(7-9-15)17(22)12-25-19(24)14-10-18(23)21(11-14)16-4-2-1-3-5-16/h1-9,14H,10-12H2/t14-/m0/s1. The monoisotopic (exact) mass is 341 g/mol. The van der Waals surface area contributed by atoms with Crippen molar-refractivity contribution in [2.24, 2.45) is 5.92 Å². The number of rotatable bonds is 5. The van der Waals surface area contributed by atoms with Crippen molar-refractivity contribution in [1.29, 1.82) is 0 Å². The number of para-hydroxylation sites is 1. The first kappa shape index (κ1) is 16.8. The number of esters is 1. The summed E-state index contributed by atoms with van der Waals surface area (Å²) in [5.41, 5.74) is 0.993. The van der Waals surface area contributed by atoms with Crippen molar-refractivity contribution in [2.75, 3.05) is 18.1 Å². The van der Waals surface area contributed by atoms with E-state index in [0.717, 1.165) is 5.69 Å². The van der Waals surface area contributed by atoms with Crippen LogP contribution in [0.15, 0.2) is 54.6 Å². The van der Waals surface area contributed by atoms with Crippen LogP contribution in [0.25, 0.3) is 0 Å². The number of halogens is 1. The van der Waals surface area contributed by atoms with Crippen LogP contribution in [-0.4, -0.2) is 30.8 Å². The summed E-state index contributed by atoms with van der Waals surface area (Å²) < 4.78 is 17.9. The number of amides is 1. The minimum absolute atomic E-state index is 0.0540. The smallest absolute Gasteiger partial charge is 0.311 e. The number of carbonyl (C=O) groups excluding carboxylic acids is 3. The predicted octanol–water partition coefficient (Wildman–Crippen LogP) is 2.60. The highest BCUT2D eigenvalue weighted by molar-refractivity contribution is 6.00.